The molecule has 5 heteroatoms. The lowest BCUT2D eigenvalue weighted by molar-refractivity contribution is -0.122. The summed E-state index contributed by atoms with van der Waals surface area (Å²) < 4.78 is 0. The van der Waals surface area contributed by atoms with Crippen molar-refractivity contribution in [3.8, 4) is 0 Å². The number of benzene rings is 1. The van der Waals surface area contributed by atoms with Gasteiger partial charge in [-0.25, -0.2) is 0 Å². The highest BCUT2D eigenvalue weighted by atomic mass is 35.5. The van der Waals surface area contributed by atoms with Crippen LogP contribution in [0.15, 0.2) is 24.3 Å². The van der Waals surface area contributed by atoms with Gasteiger partial charge in [-0.3, -0.25) is 9.59 Å². The number of carbonyl (C=O) groups is 2. The standard InChI is InChI=1S/C17H23ClN2O2/c1-12-6-2-5-9-15(12)20-16(21)10-11-19-17(22)13-7-3-4-8-14(13)18/h3-4,7-8,12,15H,2,5-6,9-11H2,1H3,(H,19,22)(H,20,21)/t12-,15+/m1/s1. The van der Waals surface area contributed by atoms with Crippen LogP contribution >= 0.6 is 11.6 Å². The first-order valence-corrected chi connectivity index (χ1v) is 8.28. The van der Waals surface area contributed by atoms with Gasteiger partial charge in [0.2, 0.25) is 5.91 Å². The Morgan fingerprint density at radius 2 is 1.95 bits per heavy atom. The van der Waals surface area contributed by atoms with Crippen molar-refractivity contribution in [2.24, 2.45) is 5.92 Å². The van der Waals surface area contributed by atoms with Crippen LogP contribution < -0.4 is 10.6 Å². The fourth-order valence-electron chi connectivity index (χ4n) is 2.84. The van der Waals surface area contributed by atoms with Gasteiger partial charge in [0.1, 0.15) is 0 Å². The summed E-state index contributed by atoms with van der Waals surface area (Å²) in [4.78, 5) is 23.9. The maximum atomic E-state index is 12.0. The topological polar surface area (TPSA) is 58.2 Å². The fraction of sp³-hybridized carbons (Fsp3) is 0.529. The zero-order valence-corrected chi connectivity index (χ0v) is 13.7. The van der Waals surface area contributed by atoms with Crippen molar-refractivity contribution in [2.75, 3.05) is 6.54 Å². The van der Waals surface area contributed by atoms with Gasteiger partial charge in [0, 0.05) is 19.0 Å². The van der Waals surface area contributed by atoms with Crippen molar-refractivity contribution in [3.63, 3.8) is 0 Å². The largest absolute Gasteiger partial charge is 0.353 e. The molecule has 0 spiro atoms. The average Bonchev–Trinajstić information content (AvgIpc) is 2.50. The number of hydrogen-bond donors (Lipinski definition) is 2. The van der Waals surface area contributed by atoms with Crippen LogP contribution in [0.2, 0.25) is 5.02 Å². The molecule has 22 heavy (non-hydrogen) atoms. The van der Waals surface area contributed by atoms with Gasteiger partial charge in [0.25, 0.3) is 5.91 Å². The number of nitrogens with one attached hydrogen (secondary N) is 2. The quantitative estimate of drug-likeness (QED) is 0.875. The summed E-state index contributed by atoms with van der Waals surface area (Å²) >= 11 is 5.97. The lowest BCUT2D eigenvalue weighted by atomic mass is 9.86. The average molecular weight is 323 g/mol. The highest BCUT2D eigenvalue weighted by molar-refractivity contribution is 6.33. The van der Waals surface area contributed by atoms with Gasteiger partial charge >= 0.3 is 0 Å². The summed E-state index contributed by atoms with van der Waals surface area (Å²) in [5.41, 5.74) is 0.436. The van der Waals surface area contributed by atoms with Crippen molar-refractivity contribution < 1.29 is 9.59 Å². The summed E-state index contributed by atoms with van der Waals surface area (Å²) in [7, 11) is 0. The molecule has 1 aromatic rings. The molecule has 2 N–H and O–H groups in total. The summed E-state index contributed by atoms with van der Waals surface area (Å²) in [6, 6.07) is 7.16. The van der Waals surface area contributed by atoms with Gasteiger partial charge in [0.15, 0.2) is 0 Å². The maximum Gasteiger partial charge on any atom is 0.252 e. The minimum atomic E-state index is -0.246. The third-order valence-electron chi connectivity index (χ3n) is 4.21. The van der Waals surface area contributed by atoms with E-state index in [9.17, 15) is 9.59 Å². The Morgan fingerprint density at radius 1 is 1.23 bits per heavy atom. The van der Waals surface area contributed by atoms with Crippen molar-refractivity contribution in [1.82, 2.24) is 10.6 Å². The summed E-state index contributed by atoms with van der Waals surface area (Å²) in [6.07, 6.45) is 4.95. The molecule has 0 saturated heterocycles. The van der Waals surface area contributed by atoms with E-state index in [1.807, 2.05) is 0 Å². The van der Waals surface area contributed by atoms with Crippen molar-refractivity contribution in [2.45, 2.75) is 45.1 Å². The normalized spacial score (nSPS) is 21.2. The zero-order valence-electron chi connectivity index (χ0n) is 12.9. The van der Waals surface area contributed by atoms with Crippen molar-refractivity contribution in [3.05, 3.63) is 34.9 Å². The second-order valence-corrected chi connectivity index (χ2v) is 6.33. The second-order valence-electron chi connectivity index (χ2n) is 5.92. The van der Waals surface area contributed by atoms with E-state index in [0.29, 0.717) is 29.5 Å². The van der Waals surface area contributed by atoms with Crippen LogP contribution in [0.5, 0.6) is 0 Å². The molecule has 1 aliphatic rings. The van der Waals surface area contributed by atoms with Crippen LogP contribution in [-0.2, 0) is 4.79 Å². The first-order valence-electron chi connectivity index (χ1n) is 7.90. The predicted octanol–water partition coefficient (Wildman–Crippen LogP) is 3.15. The number of rotatable bonds is 5. The molecule has 0 aromatic heterocycles. The van der Waals surface area contributed by atoms with Gasteiger partial charge in [-0.15, -0.1) is 0 Å². The van der Waals surface area contributed by atoms with E-state index >= 15 is 0 Å². The Balaban J connectivity index is 1.73. The van der Waals surface area contributed by atoms with Crippen LogP contribution in [0.1, 0.15) is 49.4 Å². The molecule has 1 saturated carbocycles. The van der Waals surface area contributed by atoms with E-state index in [0.717, 1.165) is 6.42 Å². The maximum absolute atomic E-state index is 12.0. The summed E-state index contributed by atoms with van der Waals surface area (Å²) in [5.74, 6) is 0.290. The minimum Gasteiger partial charge on any atom is -0.353 e. The Hall–Kier alpha value is -1.55. The van der Waals surface area contributed by atoms with Gasteiger partial charge in [0.05, 0.1) is 10.6 Å². The molecule has 4 nitrogen and oxygen atoms in total. The molecule has 1 aromatic carbocycles. The highest BCUT2D eigenvalue weighted by Crippen LogP contribution is 2.23. The molecule has 120 valence electrons. The van der Waals surface area contributed by atoms with Crippen LogP contribution in [0, 0.1) is 5.92 Å². The van der Waals surface area contributed by atoms with Crippen molar-refractivity contribution >= 4 is 23.4 Å². The number of carbonyl (C=O) groups excluding carboxylic acids is 2. The lowest BCUT2D eigenvalue weighted by Crippen LogP contribution is -2.42. The SMILES string of the molecule is C[C@@H]1CCCC[C@@H]1NC(=O)CCNC(=O)c1ccccc1Cl. The van der Waals surface area contributed by atoms with Crippen LogP contribution in [-0.4, -0.2) is 24.4 Å². The molecule has 2 rings (SSSR count). The summed E-state index contributed by atoms with van der Waals surface area (Å²) in [6.45, 7) is 2.50. The molecule has 0 bridgehead atoms. The van der Waals surface area contributed by atoms with E-state index in [1.54, 1.807) is 24.3 Å². The molecule has 2 amide bonds. The molecule has 0 unspecified atom stereocenters. The molecule has 0 aliphatic heterocycles. The first-order chi connectivity index (χ1) is 10.6. The molecule has 1 aliphatic carbocycles. The monoisotopic (exact) mass is 322 g/mol. The fourth-order valence-corrected chi connectivity index (χ4v) is 3.06. The predicted molar refractivity (Wildman–Crippen MR) is 88.0 cm³/mol. The first kappa shape index (κ1) is 16.8. The van der Waals surface area contributed by atoms with E-state index < -0.39 is 0 Å². The zero-order chi connectivity index (χ0) is 15.9. The van der Waals surface area contributed by atoms with Crippen LogP contribution in [0.4, 0.5) is 0 Å². The Kier molecular flexibility index (Phi) is 6.25. The molecule has 0 heterocycles. The van der Waals surface area contributed by atoms with Crippen molar-refractivity contribution in [1.29, 1.82) is 0 Å². The van der Waals surface area contributed by atoms with Gasteiger partial charge < -0.3 is 10.6 Å². The van der Waals surface area contributed by atoms with E-state index in [1.165, 1.54) is 19.3 Å². The third-order valence-corrected chi connectivity index (χ3v) is 4.54. The van der Waals surface area contributed by atoms with E-state index in [4.69, 9.17) is 11.6 Å². The smallest absolute Gasteiger partial charge is 0.252 e. The summed E-state index contributed by atoms with van der Waals surface area (Å²) in [5, 5.41) is 6.23. The molecule has 0 radical (unpaired) electrons. The molecule has 2 atom stereocenters. The minimum absolute atomic E-state index is 0.00166. The Bertz CT molecular complexity index is 533. The Morgan fingerprint density at radius 3 is 2.68 bits per heavy atom. The lowest BCUT2D eigenvalue weighted by Gasteiger charge is -2.29. The van der Waals surface area contributed by atoms with Gasteiger partial charge in [-0.1, -0.05) is 43.5 Å². The number of amides is 2. The molecule has 1 fully saturated rings. The van der Waals surface area contributed by atoms with Gasteiger partial charge in [-0.2, -0.15) is 0 Å². The second kappa shape index (κ2) is 8.18. The van der Waals surface area contributed by atoms with Crippen LogP contribution in [0.25, 0.3) is 0 Å². The molecular weight excluding hydrogens is 300 g/mol. The Labute approximate surface area is 136 Å². The highest BCUT2D eigenvalue weighted by Gasteiger charge is 2.22. The van der Waals surface area contributed by atoms with E-state index in [2.05, 4.69) is 17.6 Å². The molecular formula is C17H23ClN2O2. The third kappa shape index (κ3) is 4.73. The number of hydrogen-bond acceptors (Lipinski definition) is 2. The van der Waals surface area contributed by atoms with Crippen LogP contribution in [0.3, 0.4) is 0 Å². The number of halogens is 1. The van der Waals surface area contributed by atoms with Gasteiger partial charge in [-0.05, 0) is 30.9 Å². The van der Waals surface area contributed by atoms with E-state index in [-0.39, 0.29) is 17.9 Å².